The molecule has 4 fully saturated rings. The lowest BCUT2D eigenvalue weighted by Gasteiger charge is -2.59. The highest BCUT2D eigenvalue weighted by molar-refractivity contribution is 5.92. The number of benzene rings is 1. The summed E-state index contributed by atoms with van der Waals surface area (Å²) in [5.74, 6) is 4.54. The first-order valence-electron chi connectivity index (χ1n) is 15.4. The van der Waals surface area contributed by atoms with Crippen LogP contribution in [0.4, 0.5) is 5.69 Å². The predicted octanol–water partition coefficient (Wildman–Crippen LogP) is 7.28. The zero-order chi connectivity index (χ0) is 28.1. The van der Waals surface area contributed by atoms with Gasteiger partial charge in [0.15, 0.2) is 12.4 Å². The number of nitrogens with zero attached hydrogens (tertiary/aromatic N) is 1. The number of ketones is 2. The van der Waals surface area contributed by atoms with Crippen molar-refractivity contribution in [2.45, 2.75) is 90.9 Å². The van der Waals surface area contributed by atoms with Crippen molar-refractivity contribution in [3.05, 3.63) is 42.2 Å². The van der Waals surface area contributed by atoms with E-state index in [1.807, 2.05) is 24.3 Å². The van der Waals surface area contributed by atoms with Crippen molar-refractivity contribution in [2.24, 2.45) is 39.7 Å². The Kier molecular flexibility index (Phi) is 7.16. The number of carbonyl (C=O) groups is 2. The molecule has 0 bridgehead atoms. The standard InChI is InChI=1S/C34H44N2O4/c1-21-17-22(27-10-8-24(35)19-31(27)40-21)5-4-6-26(38)20-39-36-32-12-11-29-28-9-7-23-18-25(37)13-15-33(23,2)30(28)14-16-34(29,32)3/h8,10,17,19,23,28-30H,1,4-7,9,11-16,18,20,35H2,2-3H3/b36-32-/t23-,28-,29-,30-,33-,34-/m0/s1. The van der Waals surface area contributed by atoms with E-state index in [-0.39, 0.29) is 17.8 Å². The Balaban J connectivity index is 1.02. The molecule has 6 rings (SSSR count). The van der Waals surface area contributed by atoms with Crippen LogP contribution in [0.1, 0.15) is 96.5 Å². The van der Waals surface area contributed by atoms with Gasteiger partial charge in [0.25, 0.3) is 0 Å². The van der Waals surface area contributed by atoms with Gasteiger partial charge in [-0.15, -0.1) is 0 Å². The summed E-state index contributed by atoms with van der Waals surface area (Å²) in [5, 5.41) is 4.61. The molecule has 6 nitrogen and oxygen atoms in total. The van der Waals surface area contributed by atoms with Crippen LogP contribution in [0.5, 0.6) is 5.75 Å². The van der Waals surface area contributed by atoms with Gasteiger partial charge in [-0.05, 0) is 111 Å². The van der Waals surface area contributed by atoms with Gasteiger partial charge in [-0.1, -0.05) is 25.6 Å². The SMILES string of the molecule is C=C1C=C(CCCC(=O)CO/N=C2/CC[C@H]3[C@@H]4CC[C@H]5CC(=O)CC[C@]5(C)[C@H]4CC[C@]23C)c2ccc(N)cc2O1. The highest BCUT2D eigenvalue weighted by Gasteiger charge is 2.59. The fourth-order valence-electron chi connectivity index (χ4n) is 9.25. The van der Waals surface area contributed by atoms with E-state index in [9.17, 15) is 9.59 Å². The van der Waals surface area contributed by atoms with Crippen molar-refractivity contribution in [1.82, 2.24) is 0 Å². The minimum absolute atomic E-state index is 0.0338. The molecule has 0 spiro atoms. The number of hydrogen-bond donors (Lipinski definition) is 1. The number of allylic oxidation sites excluding steroid dienone is 2. The van der Waals surface area contributed by atoms with Crippen LogP contribution in [-0.2, 0) is 14.4 Å². The van der Waals surface area contributed by atoms with E-state index in [1.165, 1.54) is 25.7 Å². The van der Waals surface area contributed by atoms with Gasteiger partial charge >= 0.3 is 0 Å². The third-order valence-electron chi connectivity index (χ3n) is 11.5. The van der Waals surface area contributed by atoms with Gasteiger partial charge in [-0.25, -0.2) is 0 Å². The van der Waals surface area contributed by atoms with Crippen molar-refractivity contribution < 1.29 is 19.2 Å². The molecule has 4 saturated carbocycles. The molecule has 6 atom stereocenters. The Bertz CT molecular complexity index is 1280. The molecule has 1 aliphatic heterocycles. The predicted molar refractivity (Wildman–Crippen MR) is 158 cm³/mol. The van der Waals surface area contributed by atoms with Crippen LogP contribution < -0.4 is 10.5 Å². The smallest absolute Gasteiger partial charge is 0.175 e. The molecule has 0 amide bonds. The normalized spacial score (nSPS) is 35.6. The van der Waals surface area contributed by atoms with Crippen LogP contribution in [0.25, 0.3) is 5.57 Å². The second-order valence-corrected chi connectivity index (χ2v) is 13.6. The largest absolute Gasteiger partial charge is 0.457 e. The number of anilines is 1. The molecule has 214 valence electrons. The lowest BCUT2D eigenvalue weighted by atomic mass is 9.45. The molecule has 0 radical (unpaired) electrons. The highest BCUT2D eigenvalue weighted by Crippen LogP contribution is 2.65. The summed E-state index contributed by atoms with van der Waals surface area (Å²) in [6, 6.07) is 5.65. The quantitative estimate of drug-likeness (QED) is 0.288. The summed E-state index contributed by atoms with van der Waals surface area (Å²) < 4.78 is 5.71. The number of carbonyl (C=O) groups excluding carboxylic acids is 2. The molecule has 40 heavy (non-hydrogen) atoms. The Morgan fingerprint density at radius 3 is 2.85 bits per heavy atom. The second kappa shape index (κ2) is 10.5. The molecule has 1 aromatic carbocycles. The van der Waals surface area contributed by atoms with E-state index in [1.54, 1.807) is 0 Å². The molecule has 0 unspecified atom stereocenters. The minimum Gasteiger partial charge on any atom is -0.457 e. The molecule has 1 heterocycles. The molecule has 6 heteroatoms. The molecule has 2 N–H and O–H groups in total. The summed E-state index contributed by atoms with van der Waals surface area (Å²) in [5.41, 5.74) is 10.2. The van der Waals surface area contributed by atoms with Gasteiger partial charge < -0.3 is 15.3 Å². The maximum Gasteiger partial charge on any atom is 0.175 e. The van der Waals surface area contributed by atoms with E-state index in [0.717, 1.165) is 79.4 Å². The Hall–Kier alpha value is -2.89. The lowest BCUT2D eigenvalue weighted by molar-refractivity contribution is -0.136. The van der Waals surface area contributed by atoms with Gasteiger partial charge in [0.1, 0.15) is 17.3 Å². The Labute approximate surface area is 238 Å². The Morgan fingerprint density at radius 2 is 2.00 bits per heavy atom. The fraction of sp³-hybridized carbons (Fsp3) is 0.618. The van der Waals surface area contributed by atoms with E-state index in [2.05, 4.69) is 25.6 Å². The number of ether oxygens (including phenoxy) is 1. The van der Waals surface area contributed by atoms with Crippen molar-refractivity contribution in [1.29, 1.82) is 0 Å². The van der Waals surface area contributed by atoms with Crippen LogP contribution in [0.15, 0.2) is 41.8 Å². The van der Waals surface area contributed by atoms with Crippen LogP contribution in [0, 0.1) is 34.5 Å². The van der Waals surface area contributed by atoms with Crippen molar-refractivity contribution in [2.75, 3.05) is 12.3 Å². The second-order valence-electron chi connectivity index (χ2n) is 13.6. The van der Waals surface area contributed by atoms with Gasteiger partial charge in [-0.2, -0.15) is 0 Å². The number of fused-ring (bicyclic) bond motifs is 6. The van der Waals surface area contributed by atoms with Gasteiger partial charge in [-0.3, -0.25) is 9.59 Å². The van der Waals surface area contributed by atoms with Crippen molar-refractivity contribution in [3.8, 4) is 5.75 Å². The molecular weight excluding hydrogens is 500 g/mol. The number of rotatable bonds is 7. The molecule has 5 aliphatic rings. The van der Waals surface area contributed by atoms with E-state index in [4.69, 9.17) is 15.3 Å². The van der Waals surface area contributed by atoms with Crippen molar-refractivity contribution in [3.63, 3.8) is 0 Å². The molecular formula is C34H44N2O4. The number of oxime groups is 1. The zero-order valence-corrected chi connectivity index (χ0v) is 24.2. The lowest BCUT2D eigenvalue weighted by Crippen LogP contribution is -2.53. The minimum atomic E-state index is 0.0338. The van der Waals surface area contributed by atoms with E-state index < -0.39 is 0 Å². The number of nitrogen functional groups attached to an aromatic ring is 1. The average molecular weight is 545 g/mol. The summed E-state index contributed by atoms with van der Waals surface area (Å²) in [6.07, 6.45) is 13.5. The highest BCUT2D eigenvalue weighted by atomic mass is 16.6. The first kappa shape index (κ1) is 27.3. The van der Waals surface area contributed by atoms with Crippen LogP contribution in [0.2, 0.25) is 0 Å². The maximum atomic E-state index is 12.7. The molecule has 0 saturated heterocycles. The van der Waals surface area contributed by atoms with E-state index in [0.29, 0.717) is 40.9 Å². The topological polar surface area (TPSA) is 91.0 Å². The molecule has 1 aromatic rings. The van der Waals surface area contributed by atoms with Crippen molar-refractivity contribution >= 4 is 28.5 Å². The fourth-order valence-corrected chi connectivity index (χ4v) is 9.25. The monoisotopic (exact) mass is 544 g/mol. The van der Waals surface area contributed by atoms with Crippen LogP contribution in [0.3, 0.4) is 0 Å². The number of hydrogen-bond acceptors (Lipinski definition) is 6. The summed E-state index contributed by atoms with van der Waals surface area (Å²) in [6.45, 7) is 8.86. The first-order valence-corrected chi connectivity index (χ1v) is 15.4. The van der Waals surface area contributed by atoms with E-state index >= 15 is 0 Å². The number of Topliss-reactive ketones (excluding diaryl/α,β-unsaturated/α-hetero) is 2. The third kappa shape index (κ3) is 4.81. The van der Waals surface area contributed by atoms with Crippen LogP contribution in [-0.4, -0.2) is 23.9 Å². The molecule has 0 aromatic heterocycles. The molecule has 4 aliphatic carbocycles. The number of nitrogens with two attached hydrogens (primary N) is 1. The van der Waals surface area contributed by atoms with Gasteiger partial charge in [0, 0.05) is 42.0 Å². The zero-order valence-electron chi connectivity index (χ0n) is 24.2. The maximum absolute atomic E-state index is 12.7. The van der Waals surface area contributed by atoms with Gasteiger partial charge in [0.05, 0.1) is 5.71 Å². The Morgan fingerprint density at radius 1 is 1.15 bits per heavy atom. The van der Waals surface area contributed by atoms with Crippen LogP contribution >= 0.6 is 0 Å². The summed E-state index contributed by atoms with van der Waals surface area (Å²) in [7, 11) is 0. The van der Waals surface area contributed by atoms with Gasteiger partial charge in [0.2, 0.25) is 0 Å². The summed E-state index contributed by atoms with van der Waals surface area (Å²) >= 11 is 0. The first-order chi connectivity index (χ1) is 19.2. The third-order valence-corrected chi connectivity index (χ3v) is 11.5. The average Bonchev–Trinajstić information content (AvgIpc) is 3.25. The summed E-state index contributed by atoms with van der Waals surface area (Å²) in [4.78, 5) is 30.5.